The second kappa shape index (κ2) is 9.01. The number of tetrazole rings is 1. The fraction of sp³-hybridized carbons (Fsp3) is 0.300. The normalized spacial score (nSPS) is 15.0. The third-order valence-electron chi connectivity index (χ3n) is 5.21. The molecular weight excluding hydrogens is 437 g/mol. The molecule has 0 radical (unpaired) electrons. The Bertz CT molecular complexity index is 1220. The van der Waals surface area contributed by atoms with Crippen LogP contribution in [0.15, 0.2) is 53.4 Å². The van der Waals surface area contributed by atoms with Crippen molar-refractivity contribution < 1.29 is 17.6 Å². The maximum Gasteiger partial charge on any atom is 0.243 e. The number of rotatable bonds is 6. The van der Waals surface area contributed by atoms with Crippen molar-refractivity contribution in [2.75, 3.05) is 38.0 Å². The van der Waals surface area contributed by atoms with Crippen LogP contribution in [0.3, 0.4) is 0 Å². The van der Waals surface area contributed by atoms with Crippen molar-refractivity contribution in [1.29, 1.82) is 0 Å². The molecule has 0 saturated carbocycles. The van der Waals surface area contributed by atoms with Gasteiger partial charge in [0.2, 0.25) is 15.9 Å². The summed E-state index contributed by atoms with van der Waals surface area (Å²) in [5, 5.41) is 14.5. The first-order valence-electron chi connectivity index (χ1n) is 9.95. The minimum atomic E-state index is -3.80. The number of carbonyl (C=O) groups is 1. The highest BCUT2D eigenvalue weighted by Crippen LogP contribution is 2.20. The summed E-state index contributed by atoms with van der Waals surface area (Å²) in [6, 6.07) is 12.3. The number of nitrogens with one attached hydrogen (secondary N) is 1. The number of amides is 1. The molecule has 10 nitrogen and oxygen atoms in total. The SMILES string of the molecule is Cn1nnnc1-c1cccc(NCC(=O)N2CCN(S(=O)(=O)c3cccc(F)c3)CC2)c1. The van der Waals surface area contributed by atoms with E-state index >= 15 is 0 Å². The number of hydrogen-bond acceptors (Lipinski definition) is 7. The number of nitrogens with zero attached hydrogens (tertiary/aromatic N) is 6. The van der Waals surface area contributed by atoms with Crippen molar-refractivity contribution in [3.8, 4) is 11.4 Å². The number of hydrogen-bond donors (Lipinski definition) is 1. The van der Waals surface area contributed by atoms with E-state index in [2.05, 4.69) is 20.8 Å². The largest absolute Gasteiger partial charge is 0.376 e. The molecule has 12 heteroatoms. The number of benzene rings is 2. The Hall–Kier alpha value is -3.38. The molecule has 1 N–H and O–H groups in total. The number of anilines is 1. The van der Waals surface area contributed by atoms with Crippen molar-refractivity contribution in [3.05, 3.63) is 54.3 Å². The highest BCUT2D eigenvalue weighted by atomic mass is 32.2. The van der Waals surface area contributed by atoms with Crippen LogP contribution in [0.1, 0.15) is 0 Å². The Morgan fingerprint density at radius 3 is 2.53 bits per heavy atom. The molecule has 1 aromatic heterocycles. The zero-order valence-electron chi connectivity index (χ0n) is 17.3. The van der Waals surface area contributed by atoms with Crippen molar-refractivity contribution in [2.24, 2.45) is 7.05 Å². The Kier molecular flexibility index (Phi) is 6.15. The lowest BCUT2D eigenvalue weighted by molar-refractivity contribution is -0.130. The molecule has 1 aliphatic rings. The minimum absolute atomic E-state index is 0.0666. The quantitative estimate of drug-likeness (QED) is 0.584. The van der Waals surface area contributed by atoms with Crippen molar-refractivity contribution in [3.63, 3.8) is 0 Å². The Morgan fingerprint density at radius 1 is 1.09 bits per heavy atom. The number of carbonyl (C=O) groups excluding carboxylic acids is 1. The topological polar surface area (TPSA) is 113 Å². The Balaban J connectivity index is 1.33. The molecule has 4 rings (SSSR count). The van der Waals surface area contributed by atoms with E-state index in [1.165, 1.54) is 22.5 Å². The Morgan fingerprint density at radius 2 is 1.84 bits per heavy atom. The van der Waals surface area contributed by atoms with Crippen molar-refractivity contribution >= 4 is 21.6 Å². The van der Waals surface area contributed by atoms with Crippen LogP contribution in [0, 0.1) is 5.82 Å². The molecule has 168 valence electrons. The highest BCUT2D eigenvalue weighted by molar-refractivity contribution is 7.89. The predicted molar refractivity (Wildman–Crippen MR) is 114 cm³/mol. The maximum atomic E-state index is 13.4. The summed E-state index contributed by atoms with van der Waals surface area (Å²) >= 11 is 0. The molecule has 1 aliphatic heterocycles. The smallest absolute Gasteiger partial charge is 0.243 e. The van der Waals surface area contributed by atoms with Gasteiger partial charge in [0.25, 0.3) is 0 Å². The monoisotopic (exact) mass is 459 g/mol. The van der Waals surface area contributed by atoms with Gasteiger partial charge in [-0.15, -0.1) is 5.10 Å². The van der Waals surface area contributed by atoms with Gasteiger partial charge in [0.1, 0.15) is 5.82 Å². The molecule has 2 heterocycles. The van der Waals surface area contributed by atoms with E-state index in [9.17, 15) is 17.6 Å². The number of halogens is 1. The van der Waals surface area contributed by atoms with Gasteiger partial charge in [-0.05, 0) is 40.8 Å². The Labute approximate surface area is 184 Å². The van der Waals surface area contributed by atoms with E-state index in [1.807, 2.05) is 24.3 Å². The van der Waals surface area contributed by atoms with Gasteiger partial charge in [-0.3, -0.25) is 4.79 Å². The summed E-state index contributed by atoms with van der Waals surface area (Å²) in [5.74, 6) is -0.139. The highest BCUT2D eigenvalue weighted by Gasteiger charge is 2.30. The van der Waals surface area contributed by atoms with Crippen LogP contribution < -0.4 is 5.32 Å². The van der Waals surface area contributed by atoms with Crippen LogP contribution in [0.25, 0.3) is 11.4 Å². The first-order chi connectivity index (χ1) is 15.3. The lowest BCUT2D eigenvalue weighted by atomic mass is 10.2. The first kappa shape index (κ1) is 21.8. The first-order valence-corrected chi connectivity index (χ1v) is 11.4. The third-order valence-corrected chi connectivity index (χ3v) is 7.10. The molecule has 1 fully saturated rings. The zero-order valence-corrected chi connectivity index (χ0v) is 18.2. The average Bonchev–Trinajstić information content (AvgIpc) is 3.23. The average molecular weight is 460 g/mol. The summed E-state index contributed by atoms with van der Waals surface area (Å²) in [6.07, 6.45) is 0. The molecular formula is C20H22FN7O3S. The van der Waals surface area contributed by atoms with E-state index in [4.69, 9.17) is 0 Å². The van der Waals surface area contributed by atoms with E-state index in [0.717, 1.165) is 17.3 Å². The minimum Gasteiger partial charge on any atom is -0.376 e. The lowest BCUT2D eigenvalue weighted by Crippen LogP contribution is -2.51. The van der Waals surface area contributed by atoms with Crippen LogP contribution >= 0.6 is 0 Å². The summed E-state index contributed by atoms with van der Waals surface area (Å²) < 4.78 is 41.7. The van der Waals surface area contributed by atoms with E-state index < -0.39 is 15.8 Å². The van der Waals surface area contributed by atoms with Gasteiger partial charge in [-0.1, -0.05) is 18.2 Å². The number of sulfonamides is 1. The fourth-order valence-corrected chi connectivity index (χ4v) is 4.94. The number of piperazine rings is 1. The van der Waals surface area contributed by atoms with Gasteiger partial charge in [-0.2, -0.15) is 4.31 Å². The molecule has 0 bridgehead atoms. The van der Waals surface area contributed by atoms with Gasteiger partial charge in [0.05, 0.1) is 11.4 Å². The van der Waals surface area contributed by atoms with Gasteiger partial charge in [0, 0.05) is 44.5 Å². The summed E-state index contributed by atoms with van der Waals surface area (Å²) in [7, 11) is -2.05. The lowest BCUT2D eigenvalue weighted by Gasteiger charge is -2.34. The summed E-state index contributed by atoms with van der Waals surface area (Å²) in [5.41, 5.74) is 1.55. The second-order valence-electron chi connectivity index (χ2n) is 7.30. The predicted octanol–water partition coefficient (Wildman–Crippen LogP) is 0.961. The van der Waals surface area contributed by atoms with Crippen LogP contribution in [0.2, 0.25) is 0 Å². The van der Waals surface area contributed by atoms with Crippen molar-refractivity contribution in [1.82, 2.24) is 29.4 Å². The molecule has 32 heavy (non-hydrogen) atoms. The van der Waals surface area contributed by atoms with Gasteiger partial charge in [0.15, 0.2) is 5.82 Å². The van der Waals surface area contributed by atoms with Gasteiger partial charge < -0.3 is 10.2 Å². The number of aryl methyl sites for hydroxylation is 1. The third kappa shape index (κ3) is 4.60. The molecule has 3 aromatic rings. The number of aromatic nitrogens is 4. The molecule has 2 aromatic carbocycles. The van der Waals surface area contributed by atoms with E-state index in [-0.39, 0.29) is 43.5 Å². The summed E-state index contributed by atoms with van der Waals surface area (Å²) in [6.45, 7) is 0.898. The van der Waals surface area contributed by atoms with E-state index in [0.29, 0.717) is 5.82 Å². The van der Waals surface area contributed by atoms with Crippen LogP contribution in [0.5, 0.6) is 0 Å². The van der Waals surface area contributed by atoms with Crippen LogP contribution in [-0.2, 0) is 21.9 Å². The van der Waals surface area contributed by atoms with Crippen LogP contribution in [-0.4, -0.2) is 76.5 Å². The molecule has 0 aliphatic carbocycles. The summed E-state index contributed by atoms with van der Waals surface area (Å²) in [4.78, 5) is 14.1. The maximum absolute atomic E-state index is 13.4. The van der Waals surface area contributed by atoms with Crippen molar-refractivity contribution in [2.45, 2.75) is 4.90 Å². The van der Waals surface area contributed by atoms with Crippen LogP contribution in [0.4, 0.5) is 10.1 Å². The molecule has 0 unspecified atom stereocenters. The van der Waals surface area contributed by atoms with Gasteiger partial charge in [-0.25, -0.2) is 17.5 Å². The fourth-order valence-electron chi connectivity index (χ4n) is 3.49. The molecule has 1 saturated heterocycles. The second-order valence-corrected chi connectivity index (χ2v) is 9.24. The molecule has 1 amide bonds. The van der Waals surface area contributed by atoms with E-state index in [1.54, 1.807) is 16.6 Å². The molecule has 0 atom stereocenters. The standard InChI is InChI=1S/C20H22FN7O3S/c1-26-20(23-24-25-26)15-4-2-6-17(12-15)22-14-19(29)27-8-10-28(11-9-27)32(30,31)18-7-3-5-16(21)13-18/h2-7,12-13,22H,8-11,14H2,1H3. The molecule has 0 spiro atoms. The van der Waals surface area contributed by atoms with Gasteiger partial charge >= 0.3 is 0 Å². The zero-order chi connectivity index (χ0) is 22.7.